The number of aromatic carboxylic acids is 1. The molecule has 0 heterocycles. The number of carboxylic acids is 1. The molecular formula is C23H19Cl2NO4. The lowest BCUT2D eigenvalue weighted by atomic mass is 10.1. The molecule has 2 N–H and O–H groups in total. The molecule has 0 aliphatic rings. The lowest BCUT2D eigenvalue weighted by Crippen LogP contribution is -2.27. The first-order valence-electron chi connectivity index (χ1n) is 9.14. The van der Waals surface area contributed by atoms with Crippen LogP contribution >= 0.6 is 23.2 Å². The van der Waals surface area contributed by atoms with Gasteiger partial charge < -0.3 is 15.2 Å². The highest BCUT2D eigenvalue weighted by atomic mass is 35.5. The molecule has 0 fully saturated rings. The Balaban J connectivity index is 1.73. The van der Waals surface area contributed by atoms with Gasteiger partial charge in [0.2, 0.25) is 0 Å². The van der Waals surface area contributed by atoms with Crippen LogP contribution < -0.4 is 10.1 Å². The maximum absolute atomic E-state index is 12.9. The van der Waals surface area contributed by atoms with Crippen molar-refractivity contribution in [1.29, 1.82) is 0 Å². The SMILES string of the molecule is CC(NC(=O)c1cc(Cl)ccc1OCc1ccc(Cl)cc1)c1ccc(C(=O)O)cc1. The molecule has 0 bridgehead atoms. The summed E-state index contributed by atoms with van der Waals surface area (Å²) in [5.74, 6) is -0.946. The molecule has 30 heavy (non-hydrogen) atoms. The third-order valence-electron chi connectivity index (χ3n) is 4.50. The summed E-state index contributed by atoms with van der Waals surface area (Å²) in [6.45, 7) is 2.08. The van der Waals surface area contributed by atoms with Crippen molar-refractivity contribution < 1.29 is 19.4 Å². The monoisotopic (exact) mass is 443 g/mol. The summed E-state index contributed by atoms with van der Waals surface area (Å²) in [7, 11) is 0. The van der Waals surface area contributed by atoms with Crippen LogP contribution in [0, 0.1) is 0 Å². The topological polar surface area (TPSA) is 75.6 Å². The van der Waals surface area contributed by atoms with Crippen molar-refractivity contribution in [2.45, 2.75) is 19.6 Å². The Morgan fingerprint density at radius 2 is 1.60 bits per heavy atom. The average molecular weight is 444 g/mol. The van der Waals surface area contributed by atoms with Gasteiger partial charge in [0.15, 0.2) is 0 Å². The Morgan fingerprint density at radius 1 is 0.967 bits per heavy atom. The number of hydrogen-bond donors (Lipinski definition) is 2. The molecule has 5 nitrogen and oxygen atoms in total. The zero-order valence-corrected chi connectivity index (χ0v) is 17.6. The number of ether oxygens (including phenoxy) is 1. The van der Waals surface area contributed by atoms with Gasteiger partial charge >= 0.3 is 5.97 Å². The fourth-order valence-electron chi connectivity index (χ4n) is 2.82. The number of nitrogens with one attached hydrogen (secondary N) is 1. The summed E-state index contributed by atoms with van der Waals surface area (Å²) in [5.41, 5.74) is 2.18. The summed E-state index contributed by atoms with van der Waals surface area (Å²) < 4.78 is 5.84. The number of halogens is 2. The first-order chi connectivity index (χ1) is 14.3. The van der Waals surface area contributed by atoms with Crippen LogP contribution in [0.4, 0.5) is 0 Å². The molecule has 3 aromatic carbocycles. The molecule has 0 saturated carbocycles. The predicted molar refractivity (Wildman–Crippen MR) is 117 cm³/mol. The van der Waals surface area contributed by atoms with Gasteiger partial charge in [-0.05, 0) is 60.5 Å². The molecule has 0 saturated heterocycles. The van der Waals surface area contributed by atoms with Gasteiger partial charge in [-0.1, -0.05) is 47.5 Å². The molecule has 1 amide bonds. The summed E-state index contributed by atoms with van der Waals surface area (Å²) in [5, 5.41) is 12.9. The van der Waals surface area contributed by atoms with Crippen LogP contribution in [0.2, 0.25) is 10.0 Å². The fourth-order valence-corrected chi connectivity index (χ4v) is 3.12. The highest BCUT2D eigenvalue weighted by molar-refractivity contribution is 6.31. The van der Waals surface area contributed by atoms with Crippen molar-refractivity contribution >= 4 is 35.1 Å². The molecule has 0 aromatic heterocycles. The Bertz CT molecular complexity index is 1050. The van der Waals surface area contributed by atoms with E-state index < -0.39 is 5.97 Å². The number of amides is 1. The van der Waals surface area contributed by atoms with Crippen molar-refractivity contribution in [2.24, 2.45) is 0 Å². The van der Waals surface area contributed by atoms with E-state index in [-0.39, 0.29) is 24.1 Å². The minimum atomic E-state index is -1.00. The van der Waals surface area contributed by atoms with E-state index in [1.165, 1.54) is 12.1 Å². The minimum absolute atomic E-state index is 0.185. The molecular weight excluding hydrogens is 425 g/mol. The molecule has 0 aliphatic carbocycles. The zero-order chi connectivity index (χ0) is 21.7. The van der Waals surface area contributed by atoms with E-state index in [4.69, 9.17) is 33.0 Å². The Kier molecular flexibility index (Phi) is 6.98. The fraction of sp³-hybridized carbons (Fsp3) is 0.130. The Morgan fingerprint density at radius 3 is 2.23 bits per heavy atom. The van der Waals surface area contributed by atoms with Crippen LogP contribution in [0.5, 0.6) is 5.75 Å². The van der Waals surface area contributed by atoms with Gasteiger partial charge in [-0.3, -0.25) is 4.79 Å². The summed E-state index contributed by atoms with van der Waals surface area (Å²) in [6.07, 6.45) is 0. The van der Waals surface area contributed by atoms with Crippen LogP contribution in [-0.2, 0) is 6.61 Å². The van der Waals surface area contributed by atoms with Gasteiger partial charge in [-0.2, -0.15) is 0 Å². The number of benzene rings is 3. The maximum Gasteiger partial charge on any atom is 0.335 e. The molecule has 0 aliphatic heterocycles. The third kappa shape index (κ3) is 5.53. The van der Waals surface area contributed by atoms with Crippen LogP contribution in [0.1, 0.15) is 44.8 Å². The summed E-state index contributed by atoms with van der Waals surface area (Å²) in [4.78, 5) is 23.9. The largest absolute Gasteiger partial charge is 0.488 e. The van der Waals surface area contributed by atoms with Crippen LogP contribution in [0.15, 0.2) is 66.7 Å². The van der Waals surface area contributed by atoms with E-state index in [0.717, 1.165) is 11.1 Å². The molecule has 1 unspecified atom stereocenters. The standard InChI is InChI=1S/C23H19Cl2NO4/c1-14(16-4-6-17(7-5-16)23(28)29)26-22(27)20-12-19(25)10-11-21(20)30-13-15-2-8-18(24)9-3-15/h2-12,14H,13H2,1H3,(H,26,27)(H,28,29). The van der Waals surface area contributed by atoms with Crippen molar-refractivity contribution in [3.05, 3.63) is 99.0 Å². The van der Waals surface area contributed by atoms with Crippen molar-refractivity contribution in [1.82, 2.24) is 5.32 Å². The zero-order valence-electron chi connectivity index (χ0n) is 16.1. The lowest BCUT2D eigenvalue weighted by Gasteiger charge is -2.17. The number of carboxylic acid groups (broad SMARTS) is 1. The Hall–Kier alpha value is -3.02. The normalized spacial score (nSPS) is 11.6. The smallest absolute Gasteiger partial charge is 0.335 e. The number of carbonyl (C=O) groups is 2. The predicted octanol–water partition coefficient (Wildman–Crippen LogP) is 5.76. The second-order valence-electron chi connectivity index (χ2n) is 6.68. The van der Waals surface area contributed by atoms with Gasteiger partial charge in [0.05, 0.1) is 17.2 Å². The second kappa shape index (κ2) is 9.65. The quantitative estimate of drug-likeness (QED) is 0.486. The second-order valence-corrected chi connectivity index (χ2v) is 7.55. The Labute approximate surface area is 184 Å². The van der Waals surface area contributed by atoms with E-state index in [0.29, 0.717) is 21.4 Å². The average Bonchev–Trinajstić information content (AvgIpc) is 2.74. The van der Waals surface area contributed by atoms with E-state index in [9.17, 15) is 9.59 Å². The summed E-state index contributed by atoms with van der Waals surface area (Å²) in [6, 6.07) is 18.1. The molecule has 7 heteroatoms. The number of carbonyl (C=O) groups excluding carboxylic acids is 1. The first-order valence-corrected chi connectivity index (χ1v) is 9.90. The van der Waals surface area contributed by atoms with E-state index in [1.54, 1.807) is 42.5 Å². The van der Waals surface area contributed by atoms with Crippen LogP contribution in [-0.4, -0.2) is 17.0 Å². The van der Waals surface area contributed by atoms with Gasteiger partial charge in [0, 0.05) is 10.0 Å². The van der Waals surface area contributed by atoms with Gasteiger partial charge in [0.1, 0.15) is 12.4 Å². The van der Waals surface area contributed by atoms with Gasteiger partial charge in [-0.25, -0.2) is 4.79 Å². The highest BCUT2D eigenvalue weighted by Gasteiger charge is 2.17. The van der Waals surface area contributed by atoms with E-state index >= 15 is 0 Å². The third-order valence-corrected chi connectivity index (χ3v) is 4.99. The lowest BCUT2D eigenvalue weighted by molar-refractivity contribution is 0.0696. The minimum Gasteiger partial charge on any atom is -0.488 e. The maximum atomic E-state index is 12.9. The molecule has 0 spiro atoms. The number of rotatable bonds is 7. The van der Waals surface area contributed by atoms with Crippen molar-refractivity contribution in [2.75, 3.05) is 0 Å². The van der Waals surface area contributed by atoms with Crippen LogP contribution in [0.3, 0.4) is 0 Å². The molecule has 154 valence electrons. The molecule has 0 radical (unpaired) electrons. The van der Waals surface area contributed by atoms with Gasteiger partial charge in [0.25, 0.3) is 5.91 Å². The van der Waals surface area contributed by atoms with E-state index in [2.05, 4.69) is 5.32 Å². The molecule has 1 atom stereocenters. The number of hydrogen-bond acceptors (Lipinski definition) is 3. The first kappa shape index (κ1) is 21.7. The van der Waals surface area contributed by atoms with Crippen LogP contribution in [0.25, 0.3) is 0 Å². The molecule has 3 rings (SSSR count). The van der Waals surface area contributed by atoms with Crippen molar-refractivity contribution in [3.63, 3.8) is 0 Å². The molecule has 3 aromatic rings. The summed E-state index contributed by atoms with van der Waals surface area (Å²) >= 11 is 12.0. The highest BCUT2D eigenvalue weighted by Crippen LogP contribution is 2.25. The van der Waals surface area contributed by atoms with Crippen molar-refractivity contribution in [3.8, 4) is 5.75 Å². The van der Waals surface area contributed by atoms with Gasteiger partial charge in [-0.15, -0.1) is 0 Å². The van der Waals surface area contributed by atoms with E-state index in [1.807, 2.05) is 19.1 Å².